The van der Waals surface area contributed by atoms with Gasteiger partial charge in [-0.05, 0) is 48.1 Å². The van der Waals surface area contributed by atoms with Crippen LogP contribution in [0.15, 0.2) is 24.3 Å². The van der Waals surface area contributed by atoms with Crippen LogP contribution in [-0.2, 0) is 0 Å². The molecule has 0 heterocycles. The van der Waals surface area contributed by atoms with Crippen LogP contribution < -0.4 is 4.74 Å². The first-order valence-corrected chi connectivity index (χ1v) is 7.10. The molecule has 0 bridgehead atoms. The van der Waals surface area contributed by atoms with Gasteiger partial charge in [-0.3, -0.25) is 0 Å². The second-order valence-corrected chi connectivity index (χ2v) is 5.43. The van der Waals surface area contributed by atoms with Gasteiger partial charge in [-0.1, -0.05) is 32.9 Å². The van der Waals surface area contributed by atoms with Crippen LogP contribution in [0.5, 0.6) is 5.75 Å². The zero-order valence-corrected chi connectivity index (χ0v) is 12.0. The Hall–Kier alpha value is -0.630. The summed E-state index contributed by atoms with van der Waals surface area (Å²) in [5.74, 6) is 3.21. The Morgan fingerprint density at radius 3 is 2.59 bits per heavy atom. The molecule has 2 heteroatoms. The number of ether oxygens (including phenoxy) is 1. The van der Waals surface area contributed by atoms with E-state index in [-0.39, 0.29) is 0 Å². The minimum atomic E-state index is 0.557. The van der Waals surface area contributed by atoms with Crippen molar-refractivity contribution in [1.82, 2.24) is 0 Å². The van der Waals surface area contributed by atoms with E-state index < -0.39 is 0 Å². The van der Waals surface area contributed by atoms with E-state index in [1.807, 2.05) is 6.07 Å². The molecule has 0 spiro atoms. The lowest BCUT2D eigenvalue weighted by Crippen LogP contribution is -2.05. The SMILES string of the molecule is CC(CCS)CCOc1cccc(C(C)C)c1. The number of hydrogen-bond acceptors (Lipinski definition) is 2. The fourth-order valence-electron chi connectivity index (χ4n) is 1.71. The first-order valence-electron chi connectivity index (χ1n) is 6.47. The van der Waals surface area contributed by atoms with Gasteiger partial charge in [-0.25, -0.2) is 0 Å². The molecule has 0 aliphatic heterocycles. The van der Waals surface area contributed by atoms with Gasteiger partial charge < -0.3 is 4.74 Å². The quantitative estimate of drug-likeness (QED) is 0.701. The van der Waals surface area contributed by atoms with Crippen molar-refractivity contribution in [3.05, 3.63) is 29.8 Å². The summed E-state index contributed by atoms with van der Waals surface area (Å²) in [4.78, 5) is 0. The molecule has 0 aliphatic rings. The van der Waals surface area contributed by atoms with Gasteiger partial charge in [0, 0.05) is 0 Å². The predicted octanol–water partition coefficient (Wildman–Crippen LogP) is 4.53. The highest BCUT2D eigenvalue weighted by Crippen LogP contribution is 2.20. The highest BCUT2D eigenvalue weighted by molar-refractivity contribution is 7.80. The number of hydrogen-bond donors (Lipinski definition) is 1. The van der Waals surface area contributed by atoms with E-state index in [4.69, 9.17) is 4.74 Å². The summed E-state index contributed by atoms with van der Waals surface area (Å²) in [7, 11) is 0. The molecular weight excluding hydrogens is 228 g/mol. The van der Waals surface area contributed by atoms with Gasteiger partial charge in [0.15, 0.2) is 0 Å². The molecule has 0 saturated carbocycles. The maximum atomic E-state index is 5.79. The second-order valence-electron chi connectivity index (χ2n) is 4.98. The number of rotatable bonds is 7. The van der Waals surface area contributed by atoms with E-state index in [0.717, 1.165) is 24.5 Å². The van der Waals surface area contributed by atoms with Crippen LogP contribution >= 0.6 is 12.6 Å². The molecule has 0 saturated heterocycles. The minimum Gasteiger partial charge on any atom is -0.494 e. The van der Waals surface area contributed by atoms with Gasteiger partial charge in [0.25, 0.3) is 0 Å². The summed E-state index contributed by atoms with van der Waals surface area (Å²) < 4.78 is 5.79. The monoisotopic (exact) mass is 252 g/mol. The molecule has 1 aromatic carbocycles. The highest BCUT2D eigenvalue weighted by Gasteiger charge is 2.03. The maximum absolute atomic E-state index is 5.79. The summed E-state index contributed by atoms with van der Waals surface area (Å²) in [5, 5.41) is 0. The zero-order valence-electron chi connectivity index (χ0n) is 11.1. The molecular formula is C15H24OS. The molecule has 0 N–H and O–H groups in total. The number of benzene rings is 1. The molecule has 1 aromatic rings. The van der Waals surface area contributed by atoms with Gasteiger partial charge in [-0.15, -0.1) is 0 Å². The van der Waals surface area contributed by atoms with Crippen LogP contribution in [0.3, 0.4) is 0 Å². The topological polar surface area (TPSA) is 9.23 Å². The molecule has 0 radical (unpaired) electrons. The maximum Gasteiger partial charge on any atom is 0.119 e. The van der Waals surface area contributed by atoms with Gasteiger partial charge in [-0.2, -0.15) is 12.6 Å². The molecule has 1 nitrogen and oxygen atoms in total. The number of thiol groups is 1. The Labute approximate surface area is 111 Å². The molecule has 0 aromatic heterocycles. The van der Waals surface area contributed by atoms with E-state index in [2.05, 4.69) is 51.6 Å². The van der Waals surface area contributed by atoms with Gasteiger partial charge in [0.1, 0.15) is 5.75 Å². The third kappa shape index (κ3) is 5.49. The van der Waals surface area contributed by atoms with Crippen molar-refractivity contribution in [2.45, 2.75) is 39.5 Å². The first kappa shape index (κ1) is 14.4. The van der Waals surface area contributed by atoms with Gasteiger partial charge in [0.2, 0.25) is 0 Å². The van der Waals surface area contributed by atoms with Crippen molar-refractivity contribution in [1.29, 1.82) is 0 Å². The van der Waals surface area contributed by atoms with Crippen molar-refractivity contribution < 1.29 is 4.74 Å². The summed E-state index contributed by atoms with van der Waals surface area (Å²) in [6.07, 6.45) is 2.27. The van der Waals surface area contributed by atoms with E-state index in [0.29, 0.717) is 11.8 Å². The Morgan fingerprint density at radius 2 is 1.94 bits per heavy atom. The lowest BCUT2D eigenvalue weighted by atomic mass is 10.0. The van der Waals surface area contributed by atoms with Crippen LogP contribution in [0.4, 0.5) is 0 Å². The standard InChI is InChI=1S/C15H24OS/c1-12(2)14-5-4-6-15(11-14)16-9-7-13(3)8-10-17/h4-6,11-13,17H,7-10H2,1-3H3. The zero-order chi connectivity index (χ0) is 12.7. The average Bonchev–Trinajstić information content (AvgIpc) is 2.30. The molecule has 1 atom stereocenters. The van der Waals surface area contributed by atoms with Crippen molar-refractivity contribution >= 4 is 12.6 Å². The third-order valence-electron chi connectivity index (χ3n) is 3.03. The summed E-state index contributed by atoms with van der Waals surface area (Å²) in [5.41, 5.74) is 1.34. The van der Waals surface area contributed by atoms with Crippen LogP contribution in [0.1, 0.15) is 45.1 Å². The van der Waals surface area contributed by atoms with E-state index in [9.17, 15) is 0 Å². The highest BCUT2D eigenvalue weighted by atomic mass is 32.1. The second kappa shape index (κ2) is 7.65. The average molecular weight is 252 g/mol. The first-order chi connectivity index (χ1) is 8.13. The van der Waals surface area contributed by atoms with Crippen LogP contribution in [0.25, 0.3) is 0 Å². The van der Waals surface area contributed by atoms with Gasteiger partial charge in [0.05, 0.1) is 6.61 Å². The third-order valence-corrected chi connectivity index (χ3v) is 3.28. The molecule has 0 aliphatic carbocycles. The summed E-state index contributed by atoms with van der Waals surface area (Å²) in [6.45, 7) is 7.46. The molecule has 1 unspecified atom stereocenters. The van der Waals surface area contributed by atoms with Crippen LogP contribution in [-0.4, -0.2) is 12.4 Å². The summed E-state index contributed by atoms with van der Waals surface area (Å²) >= 11 is 4.25. The van der Waals surface area contributed by atoms with E-state index >= 15 is 0 Å². The van der Waals surface area contributed by atoms with Crippen molar-refractivity contribution in [2.75, 3.05) is 12.4 Å². The van der Waals surface area contributed by atoms with Crippen molar-refractivity contribution in [3.8, 4) is 5.75 Å². The summed E-state index contributed by atoms with van der Waals surface area (Å²) in [6, 6.07) is 8.41. The Morgan fingerprint density at radius 1 is 1.18 bits per heavy atom. The Kier molecular flexibility index (Phi) is 6.49. The predicted molar refractivity (Wildman–Crippen MR) is 78.3 cm³/mol. The van der Waals surface area contributed by atoms with Crippen LogP contribution in [0, 0.1) is 5.92 Å². The van der Waals surface area contributed by atoms with Crippen LogP contribution in [0.2, 0.25) is 0 Å². The largest absolute Gasteiger partial charge is 0.494 e. The normalized spacial score (nSPS) is 12.8. The smallest absolute Gasteiger partial charge is 0.119 e. The molecule has 17 heavy (non-hydrogen) atoms. The minimum absolute atomic E-state index is 0.557. The van der Waals surface area contributed by atoms with Crippen molar-refractivity contribution in [2.24, 2.45) is 5.92 Å². The fraction of sp³-hybridized carbons (Fsp3) is 0.600. The molecule has 0 fully saturated rings. The fourth-order valence-corrected chi connectivity index (χ4v) is 2.15. The molecule has 1 rings (SSSR count). The van der Waals surface area contributed by atoms with E-state index in [1.54, 1.807) is 0 Å². The van der Waals surface area contributed by atoms with Gasteiger partial charge >= 0.3 is 0 Å². The molecule has 0 amide bonds. The lowest BCUT2D eigenvalue weighted by Gasteiger charge is -2.12. The lowest BCUT2D eigenvalue weighted by molar-refractivity contribution is 0.282. The van der Waals surface area contributed by atoms with E-state index in [1.165, 1.54) is 12.0 Å². The molecule has 96 valence electrons. The Balaban J connectivity index is 2.38. The van der Waals surface area contributed by atoms with Crippen molar-refractivity contribution in [3.63, 3.8) is 0 Å². The Bertz CT molecular complexity index is 322.